The molecular weight excluding hydrogens is 226 g/mol. The van der Waals surface area contributed by atoms with E-state index in [1.54, 1.807) is 0 Å². The molecular formula is C15H23NS. The molecule has 2 aliphatic rings. The van der Waals surface area contributed by atoms with Crippen molar-refractivity contribution in [2.75, 3.05) is 0 Å². The summed E-state index contributed by atoms with van der Waals surface area (Å²) in [5.74, 6) is 0. The lowest BCUT2D eigenvalue weighted by atomic mass is 9.57. The molecule has 0 aromatic carbocycles. The van der Waals surface area contributed by atoms with Gasteiger partial charge in [-0.1, -0.05) is 19.3 Å². The van der Waals surface area contributed by atoms with E-state index in [-0.39, 0.29) is 0 Å². The molecule has 1 spiro atoms. The largest absolute Gasteiger partial charge is 0.309 e. The summed E-state index contributed by atoms with van der Waals surface area (Å²) in [6.07, 6.45) is 10.3. The molecule has 0 bridgehead atoms. The Morgan fingerprint density at radius 2 is 2.06 bits per heavy atom. The van der Waals surface area contributed by atoms with Crippen LogP contribution in [0.2, 0.25) is 0 Å². The zero-order chi connectivity index (χ0) is 11.7. The van der Waals surface area contributed by atoms with Crippen LogP contribution in [-0.4, -0.2) is 6.04 Å². The van der Waals surface area contributed by atoms with Crippen molar-refractivity contribution in [3.63, 3.8) is 0 Å². The Bertz CT molecular complexity index is 376. The second-order valence-electron chi connectivity index (χ2n) is 5.91. The fourth-order valence-corrected chi connectivity index (χ4v) is 4.52. The molecule has 0 amide bonds. The number of aryl methyl sites for hydroxylation is 1. The standard InChI is InChI=1S/C15H23NS/c1-12-5-6-13(17-12)11-16-14-7-10-15(14)8-3-2-4-9-15/h5-6,14,16H,2-4,7-11H2,1H3. The summed E-state index contributed by atoms with van der Waals surface area (Å²) in [5.41, 5.74) is 0.699. The highest BCUT2D eigenvalue weighted by atomic mass is 32.1. The molecule has 1 heterocycles. The summed E-state index contributed by atoms with van der Waals surface area (Å²) in [5, 5.41) is 3.82. The summed E-state index contributed by atoms with van der Waals surface area (Å²) >= 11 is 1.94. The number of thiophene rings is 1. The van der Waals surface area contributed by atoms with Gasteiger partial charge in [0.15, 0.2) is 0 Å². The molecule has 1 atom stereocenters. The van der Waals surface area contributed by atoms with Crippen molar-refractivity contribution in [1.82, 2.24) is 5.32 Å². The van der Waals surface area contributed by atoms with Gasteiger partial charge in [0.2, 0.25) is 0 Å². The van der Waals surface area contributed by atoms with Crippen molar-refractivity contribution in [2.24, 2.45) is 5.41 Å². The van der Waals surface area contributed by atoms with E-state index >= 15 is 0 Å². The van der Waals surface area contributed by atoms with E-state index < -0.39 is 0 Å². The van der Waals surface area contributed by atoms with Gasteiger partial charge in [-0.05, 0) is 50.2 Å². The Morgan fingerprint density at radius 3 is 2.65 bits per heavy atom. The van der Waals surface area contributed by atoms with Gasteiger partial charge in [0.25, 0.3) is 0 Å². The van der Waals surface area contributed by atoms with E-state index in [4.69, 9.17) is 0 Å². The van der Waals surface area contributed by atoms with Crippen LogP contribution >= 0.6 is 11.3 Å². The highest BCUT2D eigenvalue weighted by molar-refractivity contribution is 7.11. The predicted molar refractivity (Wildman–Crippen MR) is 74.4 cm³/mol. The zero-order valence-electron chi connectivity index (χ0n) is 10.8. The topological polar surface area (TPSA) is 12.0 Å². The molecule has 1 nitrogen and oxygen atoms in total. The molecule has 0 radical (unpaired) electrons. The maximum atomic E-state index is 3.82. The minimum atomic E-state index is 0.699. The number of nitrogens with one attached hydrogen (secondary N) is 1. The summed E-state index contributed by atoms with van der Waals surface area (Å²) in [6, 6.07) is 5.32. The highest BCUT2D eigenvalue weighted by Gasteiger charge is 2.46. The van der Waals surface area contributed by atoms with E-state index in [1.807, 2.05) is 11.3 Å². The van der Waals surface area contributed by atoms with Crippen LogP contribution in [0, 0.1) is 12.3 Å². The lowest BCUT2D eigenvalue weighted by Crippen LogP contribution is -2.53. The number of rotatable bonds is 3. The molecule has 1 aromatic heterocycles. The van der Waals surface area contributed by atoms with E-state index in [0.29, 0.717) is 5.41 Å². The second-order valence-corrected chi connectivity index (χ2v) is 7.28. The Balaban J connectivity index is 1.55. The third kappa shape index (κ3) is 2.30. The molecule has 2 aliphatic carbocycles. The van der Waals surface area contributed by atoms with Gasteiger partial charge in [0.05, 0.1) is 0 Å². The molecule has 1 N–H and O–H groups in total. The summed E-state index contributed by atoms with van der Waals surface area (Å²) in [4.78, 5) is 2.93. The highest BCUT2D eigenvalue weighted by Crippen LogP contribution is 2.51. The lowest BCUT2D eigenvalue weighted by Gasteiger charge is -2.52. The zero-order valence-corrected chi connectivity index (χ0v) is 11.6. The molecule has 1 aromatic rings. The Labute approximate surface area is 109 Å². The molecule has 3 rings (SSSR count). The van der Waals surface area contributed by atoms with Crippen molar-refractivity contribution in [2.45, 2.75) is 64.5 Å². The summed E-state index contributed by atoms with van der Waals surface area (Å²) in [7, 11) is 0. The van der Waals surface area contributed by atoms with Crippen molar-refractivity contribution >= 4 is 11.3 Å². The molecule has 1 unspecified atom stereocenters. The first-order chi connectivity index (χ1) is 8.28. The molecule has 0 saturated heterocycles. The van der Waals surface area contributed by atoms with Crippen LogP contribution in [0.1, 0.15) is 54.7 Å². The van der Waals surface area contributed by atoms with Crippen molar-refractivity contribution in [3.8, 4) is 0 Å². The molecule has 2 heteroatoms. The van der Waals surface area contributed by atoms with Crippen LogP contribution in [0.4, 0.5) is 0 Å². The predicted octanol–water partition coefficient (Wildman–Crippen LogP) is 4.26. The van der Waals surface area contributed by atoms with Gasteiger partial charge in [-0.15, -0.1) is 11.3 Å². The monoisotopic (exact) mass is 249 g/mol. The van der Waals surface area contributed by atoms with Gasteiger partial charge < -0.3 is 5.32 Å². The van der Waals surface area contributed by atoms with Crippen molar-refractivity contribution < 1.29 is 0 Å². The van der Waals surface area contributed by atoms with Crippen LogP contribution in [0.5, 0.6) is 0 Å². The maximum Gasteiger partial charge on any atom is 0.0302 e. The lowest BCUT2D eigenvalue weighted by molar-refractivity contribution is 0.0223. The third-order valence-corrected chi connectivity index (χ3v) is 5.84. The average Bonchev–Trinajstić information content (AvgIpc) is 2.75. The minimum absolute atomic E-state index is 0.699. The quantitative estimate of drug-likeness (QED) is 0.844. The van der Waals surface area contributed by atoms with Gasteiger partial charge in [-0.3, -0.25) is 0 Å². The Hall–Kier alpha value is -0.340. The summed E-state index contributed by atoms with van der Waals surface area (Å²) in [6.45, 7) is 3.28. The minimum Gasteiger partial charge on any atom is -0.309 e. The van der Waals surface area contributed by atoms with E-state index in [9.17, 15) is 0 Å². The summed E-state index contributed by atoms with van der Waals surface area (Å²) < 4.78 is 0. The first-order valence-electron chi connectivity index (χ1n) is 7.07. The van der Waals surface area contributed by atoms with Crippen LogP contribution in [0.15, 0.2) is 12.1 Å². The molecule has 0 aliphatic heterocycles. The first-order valence-corrected chi connectivity index (χ1v) is 7.89. The second kappa shape index (κ2) is 4.74. The smallest absolute Gasteiger partial charge is 0.0302 e. The van der Waals surface area contributed by atoms with Gasteiger partial charge in [-0.2, -0.15) is 0 Å². The SMILES string of the molecule is Cc1ccc(CNC2CCC23CCCCC3)s1. The Kier molecular flexibility index (Phi) is 3.27. The normalized spacial score (nSPS) is 27.0. The average molecular weight is 249 g/mol. The number of hydrogen-bond acceptors (Lipinski definition) is 2. The van der Waals surface area contributed by atoms with Crippen LogP contribution in [0.3, 0.4) is 0 Å². The fourth-order valence-electron chi connectivity index (χ4n) is 3.67. The molecule has 17 heavy (non-hydrogen) atoms. The maximum absolute atomic E-state index is 3.82. The van der Waals surface area contributed by atoms with E-state index in [0.717, 1.165) is 12.6 Å². The van der Waals surface area contributed by atoms with Crippen molar-refractivity contribution in [1.29, 1.82) is 0 Å². The third-order valence-electron chi connectivity index (χ3n) is 4.84. The molecule has 94 valence electrons. The Morgan fingerprint density at radius 1 is 1.24 bits per heavy atom. The molecule has 2 saturated carbocycles. The fraction of sp³-hybridized carbons (Fsp3) is 0.733. The number of hydrogen-bond donors (Lipinski definition) is 1. The van der Waals surface area contributed by atoms with E-state index in [2.05, 4.69) is 24.4 Å². The van der Waals surface area contributed by atoms with Gasteiger partial charge >= 0.3 is 0 Å². The van der Waals surface area contributed by atoms with Crippen LogP contribution in [0.25, 0.3) is 0 Å². The van der Waals surface area contributed by atoms with Gasteiger partial charge in [0.1, 0.15) is 0 Å². The van der Waals surface area contributed by atoms with Crippen LogP contribution < -0.4 is 5.32 Å². The van der Waals surface area contributed by atoms with Gasteiger partial charge in [0, 0.05) is 22.3 Å². The van der Waals surface area contributed by atoms with Crippen LogP contribution in [-0.2, 0) is 6.54 Å². The van der Waals surface area contributed by atoms with E-state index in [1.165, 1.54) is 54.7 Å². The van der Waals surface area contributed by atoms with Gasteiger partial charge in [-0.25, -0.2) is 0 Å². The first kappa shape index (κ1) is 11.7. The molecule has 2 fully saturated rings. The van der Waals surface area contributed by atoms with Crippen molar-refractivity contribution in [3.05, 3.63) is 21.9 Å².